The minimum atomic E-state index is -1.15. The molecule has 0 aliphatic carbocycles. The summed E-state index contributed by atoms with van der Waals surface area (Å²) in [6.07, 6.45) is 1.09. The Bertz CT molecular complexity index is 602. The van der Waals surface area contributed by atoms with Crippen LogP contribution in [0, 0.1) is 5.82 Å². The third-order valence-electron chi connectivity index (χ3n) is 2.17. The third-order valence-corrected chi connectivity index (χ3v) is 2.17. The molecule has 1 aromatic carbocycles. The van der Waals surface area contributed by atoms with E-state index in [4.69, 9.17) is 15.6 Å². The number of nitrogens with two attached hydrogens (primary N) is 1. The van der Waals surface area contributed by atoms with Gasteiger partial charge in [-0.25, -0.2) is 14.2 Å². The van der Waals surface area contributed by atoms with Crippen molar-refractivity contribution in [3.05, 3.63) is 47.9 Å². The summed E-state index contributed by atoms with van der Waals surface area (Å²) in [5, 5.41) is 8.74. The molecule has 0 fully saturated rings. The van der Waals surface area contributed by atoms with Gasteiger partial charge in [-0.1, -0.05) is 12.1 Å². The highest BCUT2D eigenvalue weighted by Gasteiger charge is 2.11. The average molecular weight is 248 g/mol. The number of rotatable bonds is 3. The number of nitrogen functional groups attached to an aromatic ring is 1. The van der Waals surface area contributed by atoms with Crippen molar-refractivity contribution in [3.63, 3.8) is 0 Å². The summed E-state index contributed by atoms with van der Waals surface area (Å²) < 4.78 is 18.5. The number of carbonyl (C=O) groups is 1. The normalized spacial score (nSPS) is 10.1. The first-order chi connectivity index (χ1) is 8.58. The summed E-state index contributed by atoms with van der Waals surface area (Å²) in [5.74, 6) is -1.77. The van der Waals surface area contributed by atoms with E-state index in [9.17, 15) is 9.18 Å². The van der Waals surface area contributed by atoms with Crippen molar-refractivity contribution in [1.29, 1.82) is 0 Å². The van der Waals surface area contributed by atoms with E-state index in [2.05, 4.69) is 4.98 Å². The highest BCUT2D eigenvalue weighted by Crippen LogP contribution is 2.27. The second-order valence-corrected chi connectivity index (χ2v) is 3.46. The molecule has 5 nitrogen and oxygen atoms in total. The number of pyridine rings is 1. The molecule has 2 aromatic rings. The van der Waals surface area contributed by atoms with Gasteiger partial charge in [-0.15, -0.1) is 0 Å². The van der Waals surface area contributed by atoms with Gasteiger partial charge in [-0.3, -0.25) is 0 Å². The van der Waals surface area contributed by atoms with Crippen molar-refractivity contribution in [3.8, 4) is 11.6 Å². The Morgan fingerprint density at radius 3 is 2.72 bits per heavy atom. The van der Waals surface area contributed by atoms with Gasteiger partial charge in [-0.2, -0.15) is 0 Å². The van der Waals surface area contributed by atoms with Crippen LogP contribution in [0.1, 0.15) is 10.4 Å². The molecule has 0 saturated heterocycles. The van der Waals surface area contributed by atoms with Crippen molar-refractivity contribution >= 4 is 11.7 Å². The van der Waals surface area contributed by atoms with Gasteiger partial charge in [-0.05, 0) is 18.2 Å². The Morgan fingerprint density at radius 2 is 2.11 bits per heavy atom. The van der Waals surface area contributed by atoms with Crippen LogP contribution in [0.4, 0.5) is 10.1 Å². The van der Waals surface area contributed by atoms with Gasteiger partial charge in [0.2, 0.25) is 5.88 Å². The van der Waals surface area contributed by atoms with Crippen molar-refractivity contribution in [2.24, 2.45) is 0 Å². The number of anilines is 1. The number of benzene rings is 1. The summed E-state index contributed by atoms with van der Waals surface area (Å²) in [5.41, 5.74) is 5.55. The zero-order valence-corrected chi connectivity index (χ0v) is 9.13. The first-order valence-electron chi connectivity index (χ1n) is 4.99. The lowest BCUT2D eigenvalue weighted by Gasteiger charge is -2.08. The summed E-state index contributed by atoms with van der Waals surface area (Å²) >= 11 is 0. The number of hydrogen-bond donors (Lipinski definition) is 2. The van der Waals surface area contributed by atoms with Crippen LogP contribution in [0.3, 0.4) is 0 Å². The minimum absolute atomic E-state index is 0.0261. The van der Waals surface area contributed by atoms with Crippen LogP contribution < -0.4 is 10.5 Å². The topological polar surface area (TPSA) is 85.4 Å². The van der Waals surface area contributed by atoms with Gasteiger partial charge >= 0.3 is 5.97 Å². The Kier molecular flexibility index (Phi) is 3.09. The number of carboxylic acids is 1. The quantitative estimate of drug-likeness (QED) is 0.870. The van der Waals surface area contributed by atoms with E-state index in [1.165, 1.54) is 24.3 Å². The first kappa shape index (κ1) is 11.8. The molecule has 18 heavy (non-hydrogen) atoms. The fourth-order valence-corrected chi connectivity index (χ4v) is 1.30. The predicted molar refractivity (Wildman–Crippen MR) is 62.1 cm³/mol. The Morgan fingerprint density at radius 1 is 1.39 bits per heavy atom. The molecule has 0 unspecified atom stereocenters. The van der Waals surface area contributed by atoms with Crippen LogP contribution in [-0.2, 0) is 0 Å². The molecule has 6 heteroatoms. The maximum atomic E-state index is 13.3. The summed E-state index contributed by atoms with van der Waals surface area (Å²) in [7, 11) is 0. The molecular weight excluding hydrogens is 239 g/mol. The van der Waals surface area contributed by atoms with E-state index >= 15 is 0 Å². The smallest absolute Gasteiger partial charge is 0.337 e. The van der Waals surface area contributed by atoms with Crippen LogP contribution >= 0.6 is 0 Å². The van der Waals surface area contributed by atoms with Gasteiger partial charge in [0.1, 0.15) is 0 Å². The summed E-state index contributed by atoms with van der Waals surface area (Å²) in [6, 6.07) is 6.97. The van der Waals surface area contributed by atoms with Crippen molar-refractivity contribution in [2.75, 3.05) is 5.73 Å². The number of hydrogen-bond acceptors (Lipinski definition) is 4. The van der Waals surface area contributed by atoms with E-state index < -0.39 is 11.8 Å². The number of para-hydroxylation sites is 1. The summed E-state index contributed by atoms with van der Waals surface area (Å²) in [6.45, 7) is 0. The second-order valence-electron chi connectivity index (χ2n) is 3.46. The van der Waals surface area contributed by atoms with Crippen LogP contribution in [0.5, 0.6) is 11.6 Å². The van der Waals surface area contributed by atoms with Gasteiger partial charge in [0.05, 0.1) is 11.3 Å². The summed E-state index contributed by atoms with van der Waals surface area (Å²) in [4.78, 5) is 14.4. The lowest BCUT2D eigenvalue weighted by molar-refractivity contribution is 0.0696. The molecule has 92 valence electrons. The fourth-order valence-electron chi connectivity index (χ4n) is 1.30. The lowest BCUT2D eigenvalue weighted by atomic mass is 10.2. The Balaban J connectivity index is 2.30. The number of aromatic nitrogens is 1. The molecule has 3 N–H and O–H groups in total. The van der Waals surface area contributed by atoms with Crippen LogP contribution in [0.25, 0.3) is 0 Å². The van der Waals surface area contributed by atoms with E-state index in [0.717, 1.165) is 6.20 Å². The molecule has 0 saturated carbocycles. The first-order valence-corrected chi connectivity index (χ1v) is 4.99. The SMILES string of the molecule is Nc1cc(C(=O)O)cnc1Oc1ccccc1F. The maximum absolute atomic E-state index is 13.3. The molecule has 0 aliphatic rings. The highest BCUT2D eigenvalue weighted by atomic mass is 19.1. The molecule has 2 rings (SSSR count). The zero-order chi connectivity index (χ0) is 13.1. The number of aromatic carboxylic acids is 1. The Labute approximate surface area is 102 Å². The van der Waals surface area contributed by atoms with Crippen molar-refractivity contribution in [2.45, 2.75) is 0 Å². The standard InChI is InChI=1S/C12H9FN2O3/c13-8-3-1-2-4-10(8)18-11-9(14)5-7(6-15-11)12(16)17/h1-6H,14H2,(H,16,17). The van der Waals surface area contributed by atoms with E-state index in [1.54, 1.807) is 6.07 Å². The second kappa shape index (κ2) is 4.70. The molecule has 0 spiro atoms. The highest BCUT2D eigenvalue weighted by molar-refractivity contribution is 5.88. The predicted octanol–water partition coefficient (Wildman–Crippen LogP) is 2.29. The molecule has 0 atom stereocenters. The number of carboxylic acid groups (broad SMARTS) is 1. The van der Waals surface area contributed by atoms with Crippen LogP contribution in [0.2, 0.25) is 0 Å². The monoisotopic (exact) mass is 248 g/mol. The fraction of sp³-hybridized carbons (Fsp3) is 0. The minimum Gasteiger partial charge on any atom is -0.478 e. The van der Waals surface area contributed by atoms with Gasteiger partial charge in [0.15, 0.2) is 11.6 Å². The molecule has 0 amide bonds. The lowest BCUT2D eigenvalue weighted by Crippen LogP contribution is -2.02. The largest absolute Gasteiger partial charge is 0.478 e. The maximum Gasteiger partial charge on any atom is 0.337 e. The Hall–Kier alpha value is -2.63. The van der Waals surface area contributed by atoms with Gasteiger partial charge in [0.25, 0.3) is 0 Å². The molecule has 0 bridgehead atoms. The van der Waals surface area contributed by atoms with E-state index in [-0.39, 0.29) is 22.9 Å². The molecule has 0 radical (unpaired) electrons. The average Bonchev–Trinajstić information content (AvgIpc) is 2.34. The van der Waals surface area contributed by atoms with Gasteiger partial charge in [0, 0.05) is 6.20 Å². The zero-order valence-electron chi connectivity index (χ0n) is 9.13. The van der Waals surface area contributed by atoms with Gasteiger partial charge < -0.3 is 15.6 Å². The van der Waals surface area contributed by atoms with Crippen molar-refractivity contribution in [1.82, 2.24) is 4.98 Å². The molecule has 1 aromatic heterocycles. The molecule has 0 aliphatic heterocycles. The van der Waals surface area contributed by atoms with Crippen LogP contribution in [0.15, 0.2) is 36.5 Å². The van der Waals surface area contributed by atoms with Crippen molar-refractivity contribution < 1.29 is 19.0 Å². The number of nitrogens with zero attached hydrogens (tertiary/aromatic N) is 1. The molecule has 1 heterocycles. The van der Waals surface area contributed by atoms with E-state index in [0.29, 0.717) is 0 Å². The molecular formula is C12H9FN2O3. The number of halogens is 1. The van der Waals surface area contributed by atoms with E-state index in [1.807, 2.05) is 0 Å². The third kappa shape index (κ3) is 2.37. The number of ether oxygens (including phenoxy) is 1. The van der Waals surface area contributed by atoms with Crippen LogP contribution in [-0.4, -0.2) is 16.1 Å².